The molecule has 2 N–H and O–H groups in total. The zero-order chi connectivity index (χ0) is 13.5. The molecule has 2 nitrogen and oxygen atoms in total. The molecular formula is C15H20N2S2. The van der Waals surface area contributed by atoms with E-state index < -0.39 is 0 Å². The van der Waals surface area contributed by atoms with Crippen LogP contribution >= 0.6 is 22.7 Å². The van der Waals surface area contributed by atoms with Gasteiger partial charge >= 0.3 is 0 Å². The van der Waals surface area contributed by atoms with E-state index in [9.17, 15) is 0 Å². The van der Waals surface area contributed by atoms with Crippen LogP contribution in [0.3, 0.4) is 0 Å². The number of thiazole rings is 1. The fraction of sp³-hybridized carbons (Fsp3) is 0.533. The van der Waals surface area contributed by atoms with E-state index in [-0.39, 0.29) is 5.54 Å². The molecule has 4 heteroatoms. The standard InChI is InChI=1S/C15H20N2S2/c1-10-5-7-15(16,8-6-10)14-17-12(9-18-14)13-4-3-11(2)19-13/h3-4,9-10H,5-8,16H2,1-2H3. The maximum absolute atomic E-state index is 6.59. The largest absolute Gasteiger partial charge is 0.319 e. The van der Waals surface area contributed by atoms with E-state index in [4.69, 9.17) is 10.7 Å². The summed E-state index contributed by atoms with van der Waals surface area (Å²) in [4.78, 5) is 7.41. The first-order chi connectivity index (χ1) is 9.07. The lowest BCUT2D eigenvalue weighted by atomic mass is 9.78. The summed E-state index contributed by atoms with van der Waals surface area (Å²) in [5.74, 6) is 0.816. The summed E-state index contributed by atoms with van der Waals surface area (Å²) in [5, 5.41) is 3.29. The molecule has 0 aromatic carbocycles. The van der Waals surface area contributed by atoms with Gasteiger partial charge in [-0.05, 0) is 50.7 Å². The Morgan fingerprint density at radius 2 is 2.05 bits per heavy atom. The van der Waals surface area contributed by atoms with Crippen LogP contribution in [0.4, 0.5) is 0 Å². The Morgan fingerprint density at radius 1 is 1.32 bits per heavy atom. The minimum absolute atomic E-state index is 0.179. The van der Waals surface area contributed by atoms with Crippen molar-refractivity contribution in [3.8, 4) is 10.6 Å². The van der Waals surface area contributed by atoms with Crippen molar-refractivity contribution in [2.24, 2.45) is 11.7 Å². The molecule has 2 aromatic rings. The van der Waals surface area contributed by atoms with Crippen molar-refractivity contribution in [2.75, 3.05) is 0 Å². The molecule has 1 fully saturated rings. The summed E-state index contributed by atoms with van der Waals surface area (Å²) in [7, 11) is 0. The van der Waals surface area contributed by atoms with Crippen LogP contribution in [0.25, 0.3) is 10.6 Å². The SMILES string of the molecule is Cc1ccc(-c2csc(C3(N)CCC(C)CC3)n2)s1. The van der Waals surface area contributed by atoms with E-state index in [1.165, 1.54) is 22.6 Å². The normalized spacial score (nSPS) is 27.6. The lowest BCUT2D eigenvalue weighted by molar-refractivity contribution is 0.247. The predicted octanol–water partition coefficient (Wildman–Crippen LogP) is 4.54. The minimum atomic E-state index is -0.179. The van der Waals surface area contributed by atoms with Gasteiger partial charge in [-0.15, -0.1) is 22.7 Å². The summed E-state index contributed by atoms with van der Waals surface area (Å²) in [5.41, 5.74) is 7.51. The topological polar surface area (TPSA) is 38.9 Å². The molecule has 1 saturated carbocycles. The Balaban J connectivity index is 1.85. The third-order valence-electron chi connectivity index (χ3n) is 4.09. The van der Waals surface area contributed by atoms with Crippen molar-refractivity contribution < 1.29 is 0 Å². The second-order valence-electron chi connectivity index (χ2n) is 5.79. The number of thiophene rings is 1. The van der Waals surface area contributed by atoms with Crippen molar-refractivity contribution >= 4 is 22.7 Å². The number of aryl methyl sites for hydroxylation is 1. The zero-order valence-corrected chi connectivity index (χ0v) is 13.1. The molecule has 0 aliphatic heterocycles. The highest BCUT2D eigenvalue weighted by Crippen LogP contribution is 2.40. The van der Waals surface area contributed by atoms with Gasteiger partial charge in [-0.1, -0.05) is 6.92 Å². The van der Waals surface area contributed by atoms with E-state index in [2.05, 4.69) is 31.4 Å². The van der Waals surface area contributed by atoms with Crippen molar-refractivity contribution in [1.29, 1.82) is 0 Å². The quantitative estimate of drug-likeness (QED) is 0.882. The number of nitrogens with two attached hydrogens (primary N) is 1. The summed E-state index contributed by atoms with van der Waals surface area (Å²) in [6.45, 7) is 4.45. The Morgan fingerprint density at radius 3 is 2.68 bits per heavy atom. The summed E-state index contributed by atoms with van der Waals surface area (Å²) < 4.78 is 0. The monoisotopic (exact) mass is 292 g/mol. The van der Waals surface area contributed by atoms with E-state index >= 15 is 0 Å². The maximum Gasteiger partial charge on any atom is 0.113 e. The predicted molar refractivity (Wildman–Crippen MR) is 83.7 cm³/mol. The highest BCUT2D eigenvalue weighted by Gasteiger charge is 2.34. The van der Waals surface area contributed by atoms with Crippen molar-refractivity contribution in [2.45, 2.75) is 45.1 Å². The van der Waals surface area contributed by atoms with E-state index in [1.54, 1.807) is 22.7 Å². The summed E-state index contributed by atoms with van der Waals surface area (Å²) in [6, 6.07) is 4.31. The summed E-state index contributed by atoms with van der Waals surface area (Å²) in [6.07, 6.45) is 4.60. The van der Waals surface area contributed by atoms with Crippen LogP contribution in [0.1, 0.15) is 42.5 Å². The van der Waals surface area contributed by atoms with Crippen LogP contribution < -0.4 is 5.73 Å². The van der Waals surface area contributed by atoms with Crippen molar-refractivity contribution in [1.82, 2.24) is 4.98 Å². The minimum Gasteiger partial charge on any atom is -0.319 e. The van der Waals surface area contributed by atoms with Crippen LogP contribution in [0.5, 0.6) is 0 Å². The molecule has 19 heavy (non-hydrogen) atoms. The Labute approximate surface area is 122 Å². The van der Waals surface area contributed by atoms with Crippen molar-refractivity contribution in [3.63, 3.8) is 0 Å². The molecule has 1 aliphatic rings. The zero-order valence-electron chi connectivity index (χ0n) is 11.5. The van der Waals surface area contributed by atoms with Crippen LogP contribution in [0.2, 0.25) is 0 Å². The average molecular weight is 292 g/mol. The lowest BCUT2D eigenvalue weighted by Crippen LogP contribution is -2.40. The van der Waals surface area contributed by atoms with E-state index in [0.29, 0.717) is 0 Å². The Kier molecular flexibility index (Phi) is 3.50. The first kappa shape index (κ1) is 13.3. The molecule has 1 aliphatic carbocycles. The van der Waals surface area contributed by atoms with Gasteiger partial charge in [0.1, 0.15) is 5.01 Å². The van der Waals surface area contributed by atoms with Crippen LogP contribution in [0.15, 0.2) is 17.5 Å². The molecule has 102 valence electrons. The van der Waals surface area contributed by atoms with Gasteiger partial charge in [0.25, 0.3) is 0 Å². The van der Waals surface area contributed by atoms with Crippen LogP contribution in [0, 0.1) is 12.8 Å². The maximum atomic E-state index is 6.59. The molecular weight excluding hydrogens is 272 g/mol. The number of hydrogen-bond donors (Lipinski definition) is 1. The number of rotatable bonds is 2. The molecule has 3 rings (SSSR count). The molecule has 2 aromatic heterocycles. The smallest absolute Gasteiger partial charge is 0.113 e. The second-order valence-corrected chi connectivity index (χ2v) is 7.93. The lowest BCUT2D eigenvalue weighted by Gasteiger charge is -2.34. The van der Waals surface area contributed by atoms with Crippen LogP contribution in [-0.2, 0) is 5.54 Å². The third kappa shape index (κ3) is 2.62. The Bertz CT molecular complexity index is 562. The molecule has 0 saturated heterocycles. The first-order valence-electron chi connectivity index (χ1n) is 6.88. The highest BCUT2D eigenvalue weighted by molar-refractivity contribution is 7.16. The van der Waals surface area contributed by atoms with Gasteiger partial charge in [-0.25, -0.2) is 4.98 Å². The molecule has 0 amide bonds. The molecule has 0 unspecified atom stereocenters. The Hall–Kier alpha value is -0.710. The van der Waals surface area contributed by atoms with Gasteiger partial charge in [-0.3, -0.25) is 0 Å². The van der Waals surface area contributed by atoms with Gasteiger partial charge in [0.05, 0.1) is 16.1 Å². The number of aromatic nitrogens is 1. The third-order valence-corrected chi connectivity index (χ3v) is 6.17. The van der Waals surface area contributed by atoms with Gasteiger partial charge in [0.15, 0.2) is 0 Å². The van der Waals surface area contributed by atoms with Gasteiger partial charge < -0.3 is 5.73 Å². The van der Waals surface area contributed by atoms with Gasteiger partial charge in [-0.2, -0.15) is 0 Å². The fourth-order valence-electron chi connectivity index (χ4n) is 2.68. The first-order valence-corrected chi connectivity index (χ1v) is 8.58. The fourth-order valence-corrected chi connectivity index (χ4v) is 4.57. The van der Waals surface area contributed by atoms with Gasteiger partial charge in [0, 0.05) is 10.3 Å². The molecule has 0 bridgehead atoms. The highest BCUT2D eigenvalue weighted by atomic mass is 32.1. The number of nitrogens with zero attached hydrogens (tertiary/aromatic N) is 1. The van der Waals surface area contributed by atoms with Gasteiger partial charge in [0.2, 0.25) is 0 Å². The average Bonchev–Trinajstić information content (AvgIpc) is 3.02. The molecule has 2 heterocycles. The molecule has 0 spiro atoms. The van der Waals surface area contributed by atoms with Crippen molar-refractivity contribution in [3.05, 3.63) is 27.4 Å². The van der Waals surface area contributed by atoms with E-state index in [1.807, 2.05) is 0 Å². The molecule has 0 radical (unpaired) electrons. The molecule has 0 atom stereocenters. The second kappa shape index (κ2) is 5.00. The summed E-state index contributed by atoms with van der Waals surface area (Å²) >= 11 is 3.53. The number of hydrogen-bond acceptors (Lipinski definition) is 4. The van der Waals surface area contributed by atoms with E-state index in [0.717, 1.165) is 29.5 Å². The van der Waals surface area contributed by atoms with Crippen LogP contribution in [-0.4, -0.2) is 4.98 Å².